The van der Waals surface area contributed by atoms with Gasteiger partial charge in [0.15, 0.2) is 5.96 Å². The molecule has 102 valence electrons. The third-order valence-corrected chi connectivity index (χ3v) is 1.81. The summed E-state index contributed by atoms with van der Waals surface area (Å²) in [5.74, 6) is 1.06. The zero-order valence-corrected chi connectivity index (χ0v) is 13.4. The highest BCUT2D eigenvalue weighted by molar-refractivity contribution is 14.0. The first-order chi connectivity index (χ1) is 7.60. The lowest BCUT2D eigenvalue weighted by Crippen LogP contribution is -2.38. The molecule has 6 heteroatoms. The minimum Gasteiger partial charge on any atom is -0.469 e. The summed E-state index contributed by atoms with van der Waals surface area (Å²) >= 11 is 0. The lowest BCUT2D eigenvalue weighted by Gasteiger charge is -2.11. The smallest absolute Gasteiger partial charge is 0.307 e. The van der Waals surface area contributed by atoms with E-state index in [0.29, 0.717) is 18.9 Å². The van der Waals surface area contributed by atoms with Crippen molar-refractivity contribution in [3.05, 3.63) is 0 Å². The Balaban J connectivity index is 0. The Hall–Kier alpha value is -0.530. The summed E-state index contributed by atoms with van der Waals surface area (Å²) in [6, 6.07) is 0. The second kappa shape index (κ2) is 11.9. The Morgan fingerprint density at radius 2 is 2.00 bits per heavy atom. The molecular formula is C11H24IN3O2. The van der Waals surface area contributed by atoms with Gasteiger partial charge in [0.2, 0.25) is 0 Å². The van der Waals surface area contributed by atoms with Crippen LogP contribution in [0.25, 0.3) is 0 Å². The van der Waals surface area contributed by atoms with Gasteiger partial charge in [-0.3, -0.25) is 9.79 Å². The highest BCUT2D eigenvalue weighted by atomic mass is 127. The SMILES string of the molecule is CCNC(=NCC(C)C)NCCC(=O)OC.I. The van der Waals surface area contributed by atoms with E-state index in [1.807, 2.05) is 6.92 Å². The summed E-state index contributed by atoms with van der Waals surface area (Å²) < 4.78 is 4.55. The lowest BCUT2D eigenvalue weighted by molar-refractivity contribution is -0.140. The molecule has 0 aliphatic heterocycles. The molecule has 0 aromatic heterocycles. The first kappa shape index (κ1) is 18.8. The van der Waals surface area contributed by atoms with Crippen LogP contribution in [0.5, 0.6) is 0 Å². The molecule has 0 atom stereocenters. The minimum absolute atomic E-state index is 0. The van der Waals surface area contributed by atoms with E-state index in [9.17, 15) is 4.79 Å². The molecule has 0 spiro atoms. The molecule has 0 heterocycles. The van der Waals surface area contributed by atoms with Gasteiger partial charge < -0.3 is 15.4 Å². The van der Waals surface area contributed by atoms with Crippen molar-refractivity contribution in [2.45, 2.75) is 27.2 Å². The summed E-state index contributed by atoms with van der Waals surface area (Å²) in [6.45, 7) is 8.35. The van der Waals surface area contributed by atoms with Crippen LogP contribution in [0, 0.1) is 5.92 Å². The molecule has 0 aliphatic carbocycles. The van der Waals surface area contributed by atoms with Gasteiger partial charge in [-0.1, -0.05) is 13.8 Å². The Labute approximate surface area is 121 Å². The van der Waals surface area contributed by atoms with Gasteiger partial charge in [-0.2, -0.15) is 0 Å². The zero-order valence-electron chi connectivity index (χ0n) is 11.1. The standard InChI is InChI=1S/C11H23N3O2.HI/c1-5-12-11(14-8-9(2)3)13-7-6-10(15)16-4;/h9H,5-8H2,1-4H3,(H2,12,13,14);1H. The van der Waals surface area contributed by atoms with Crippen molar-refractivity contribution < 1.29 is 9.53 Å². The Morgan fingerprint density at radius 3 is 2.47 bits per heavy atom. The second-order valence-electron chi connectivity index (χ2n) is 3.87. The van der Waals surface area contributed by atoms with Gasteiger partial charge in [-0.15, -0.1) is 24.0 Å². The Morgan fingerprint density at radius 1 is 1.35 bits per heavy atom. The number of esters is 1. The molecule has 0 saturated carbocycles. The molecule has 0 aliphatic rings. The van der Waals surface area contributed by atoms with Crippen LogP contribution in [0.4, 0.5) is 0 Å². The van der Waals surface area contributed by atoms with E-state index in [4.69, 9.17) is 0 Å². The zero-order chi connectivity index (χ0) is 12.4. The molecule has 5 nitrogen and oxygen atoms in total. The van der Waals surface area contributed by atoms with Gasteiger partial charge in [-0.25, -0.2) is 0 Å². The van der Waals surface area contributed by atoms with Crippen LogP contribution >= 0.6 is 24.0 Å². The molecule has 0 aromatic carbocycles. The van der Waals surface area contributed by atoms with Gasteiger partial charge in [0.05, 0.1) is 13.5 Å². The first-order valence-electron chi connectivity index (χ1n) is 5.69. The quantitative estimate of drug-likeness (QED) is 0.326. The van der Waals surface area contributed by atoms with E-state index in [1.165, 1.54) is 7.11 Å². The van der Waals surface area contributed by atoms with Gasteiger partial charge >= 0.3 is 5.97 Å². The number of rotatable bonds is 6. The number of hydrogen-bond acceptors (Lipinski definition) is 3. The maximum Gasteiger partial charge on any atom is 0.307 e. The predicted octanol–water partition coefficient (Wildman–Crippen LogP) is 1.38. The van der Waals surface area contributed by atoms with Crippen molar-refractivity contribution in [3.63, 3.8) is 0 Å². The Kier molecular flexibility index (Phi) is 13.2. The molecule has 0 saturated heterocycles. The average Bonchev–Trinajstić information content (AvgIpc) is 2.25. The van der Waals surface area contributed by atoms with E-state index in [1.54, 1.807) is 0 Å². The topological polar surface area (TPSA) is 62.7 Å². The number of guanidine groups is 1. The number of halogens is 1. The molecule has 17 heavy (non-hydrogen) atoms. The monoisotopic (exact) mass is 357 g/mol. The van der Waals surface area contributed by atoms with Crippen LogP contribution in [-0.2, 0) is 9.53 Å². The summed E-state index contributed by atoms with van der Waals surface area (Å²) in [6.07, 6.45) is 0.350. The lowest BCUT2D eigenvalue weighted by atomic mass is 10.2. The highest BCUT2D eigenvalue weighted by Gasteiger charge is 2.01. The summed E-state index contributed by atoms with van der Waals surface area (Å²) in [4.78, 5) is 15.3. The maximum absolute atomic E-state index is 10.9. The van der Waals surface area contributed by atoms with E-state index < -0.39 is 0 Å². The van der Waals surface area contributed by atoms with E-state index in [2.05, 4.69) is 34.2 Å². The van der Waals surface area contributed by atoms with Crippen molar-refractivity contribution in [2.24, 2.45) is 10.9 Å². The fraction of sp³-hybridized carbons (Fsp3) is 0.818. The van der Waals surface area contributed by atoms with Crippen LogP contribution in [0.3, 0.4) is 0 Å². The molecular weight excluding hydrogens is 333 g/mol. The molecule has 0 amide bonds. The number of ether oxygens (including phenoxy) is 1. The third kappa shape index (κ3) is 11.7. The number of carbonyl (C=O) groups is 1. The van der Waals surface area contributed by atoms with Crippen molar-refractivity contribution >= 4 is 35.9 Å². The highest BCUT2D eigenvalue weighted by Crippen LogP contribution is 1.91. The van der Waals surface area contributed by atoms with Crippen LogP contribution in [-0.4, -0.2) is 38.7 Å². The van der Waals surface area contributed by atoms with Crippen molar-refractivity contribution in [2.75, 3.05) is 26.7 Å². The second-order valence-corrected chi connectivity index (χ2v) is 3.87. The van der Waals surface area contributed by atoms with Gasteiger partial charge in [0.25, 0.3) is 0 Å². The average molecular weight is 357 g/mol. The summed E-state index contributed by atoms with van der Waals surface area (Å²) in [7, 11) is 1.39. The molecule has 0 fully saturated rings. The number of methoxy groups -OCH3 is 1. The van der Waals surface area contributed by atoms with Gasteiger partial charge in [-0.05, 0) is 12.8 Å². The summed E-state index contributed by atoms with van der Waals surface area (Å²) in [5, 5.41) is 6.20. The first-order valence-corrected chi connectivity index (χ1v) is 5.69. The van der Waals surface area contributed by atoms with E-state index >= 15 is 0 Å². The van der Waals surface area contributed by atoms with Crippen LogP contribution < -0.4 is 10.6 Å². The normalized spacial score (nSPS) is 10.8. The molecule has 0 aromatic rings. The number of carbonyl (C=O) groups excluding carboxylic acids is 1. The molecule has 0 bridgehead atoms. The molecule has 0 radical (unpaired) electrons. The van der Waals surface area contributed by atoms with Gasteiger partial charge in [0, 0.05) is 19.6 Å². The maximum atomic E-state index is 10.9. The van der Waals surface area contributed by atoms with E-state index in [0.717, 1.165) is 19.0 Å². The number of aliphatic imine (C=N–C) groups is 1. The minimum atomic E-state index is -0.216. The predicted molar refractivity (Wildman–Crippen MR) is 80.9 cm³/mol. The van der Waals surface area contributed by atoms with Crippen LogP contribution in [0.1, 0.15) is 27.2 Å². The fourth-order valence-corrected chi connectivity index (χ4v) is 1.00. The van der Waals surface area contributed by atoms with Crippen LogP contribution in [0.2, 0.25) is 0 Å². The number of hydrogen-bond donors (Lipinski definition) is 2. The van der Waals surface area contributed by atoms with Crippen LogP contribution in [0.15, 0.2) is 4.99 Å². The van der Waals surface area contributed by atoms with Crippen molar-refractivity contribution in [1.29, 1.82) is 0 Å². The number of nitrogens with one attached hydrogen (secondary N) is 2. The molecule has 2 N–H and O–H groups in total. The van der Waals surface area contributed by atoms with Crippen molar-refractivity contribution in [3.8, 4) is 0 Å². The molecule has 0 unspecified atom stereocenters. The Bertz CT molecular complexity index is 233. The van der Waals surface area contributed by atoms with Crippen molar-refractivity contribution in [1.82, 2.24) is 10.6 Å². The fourth-order valence-electron chi connectivity index (χ4n) is 1.00. The number of nitrogens with zero attached hydrogens (tertiary/aromatic N) is 1. The summed E-state index contributed by atoms with van der Waals surface area (Å²) in [5.41, 5.74) is 0. The third-order valence-electron chi connectivity index (χ3n) is 1.81. The van der Waals surface area contributed by atoms with Gasteiger partial charge in [0.1, 0.15) is 0 Å². The van der Waals surface area contributed by atoms with E-state index in [-0.39, 0.29) is 29.9 Å². The largest absolute Gasteiger partial charge is 0.469 e. The molecule has 0 rings (SSSR count).